The van der Waals surface area contributed by atoms with E-state index in [-0.39, 0.29) is 32.8 Å². The zero-order valence-corrected chi connectivity index (χ0v) is 25.4. The van der Waals surface area contributed by atoms with Crippen LogP contribution >= 0.6 is 0 Å². The summed E-state index contributed by atoms with van der Waals surface area (Å²) >= 11 is 0. The highest BCUT2D eigenvalue weighted by atomic mass is 16.6. The highest BCUT2D eigenvalue weighted by molar-refractivity contribution is 5.81. The number of likely N-dealkylation sites (N-methyl/N-ethyl adjacent to an activating group) is 1. The molecule has 0 spiro atoms. The number of carbonyl (C=O) groups excluding carboxylic acids is 6. The molecule has 2 atom stereocenters. The molecule has 0 fully saturated rings. The van der Waals surface area contributed by atoms with Crippen LogP contribution in [0.1, 0.15) is 65.2 Å². The largest absolute Gasteiger partial charge is 0.466 e. The van der Waals surface area contributed by atoms with Crippen molar-refractivity contribution in [3.05, 3.63) is 0 Å². The maximum Gasteiger partial charge on any atom is 0.407 e. The predicted molar refractivity (Wildman–Crippen MR) is 151 cm³/mol. The summed E-state index contributed by atoms with van der Waals surface area (Å²) in [4.78, 5) is 76.3. The van der Waals surface area contributed by atoms with Gasteiger partial charge in [0.25, 0.3) is 0 Å². The Morgan fingerprint density at radius 3 is 1.93 bits per heavy atom. The topological polar surface area (TPSA) is 176 Å². The Bertz CT molecular complexity index is 914. The van der Waals surface area contributed by atoms with Crippen molar-refractivity contribution in [3.63, 3.8) is 0 Å². The van der Waals surface area contributed by atoms with Crippen LogP contribution < -0.4 is 5.32 Å². The van der Waals surface area contributed by atoms with Crippen LogP contribution in [0.15, 0.2) is 9.98 Å². The Morgan fingerprint density at radius 1 is 0.738 bits per heavy atom. The van der Waals surface area contributed by atoms with Gasteiger partial charge < -0.3 is 28.7 Å². The summed E-state index contributed by atoms with van der Waals surface area (Å²) in [5, 5.41) is 2.53. The number of ether oxygens (including phenoxy) is 4. The van der Waals surface area contributed by atoms with Crippen molar-refractivity contribution in [1.29, 1.82) is 0 Å². The second kappa shape index (κ2) is 24.0. The summed E-state index contributed by atoms with van der Waals surface area (Å²) in [6, 6.07) is -0.861. The molecule has 0 aliphatic rings. The number of nitrogens with one attached hydrogen (secondary N) is 1. The molecule has 14 nitrogen and oxygen atoms in total. The van der Waals surface area contributed by atoms with Crippen LogP contribution in [-0.2, 0) is 42.9 Å². The molecule has 0 aromatic carbocycles. The molecule has 0 radical (unpaired) electrons. The third-order valence-electron chi connectivity index (χ3n) is 6.21. The molecule has 0 aromatic rings. The number of nitrogens with zero attached hydrogens (tertiary/aromatic N) is 3. The molecule has 0 heterocycles. The number of rotatable bonds is 24. The Morgan fingerprint density at radius 2 is 1.33 bits per heavy atom. The average molecular weight is 600 g/mol. The fraction of sp³-hybridized carbons (Fsp3) is 0.786. The smallest absolute Gasteiger partial charge is 0.407 e. The lowest BCUT2D eigenvalue weighted by Crippen LogP contribution is -2.44. The minimum atomic E-state index is -0.861. The van der Waals surface area contributed by atoms with E-state index in [4.69, 9.17) is 18.9 Å². The molecular formula is C28H47N4O10+. The predicted octanol–water partition coefficient (Wildman–Crippen LogP) is 2.24. The van der Waals surface area contributed by atoms with E-state index in [0.717, 1.165) is 0 Å². The van der Waals surface area contributed by atoms with Crippen LogP contribution in [-0.4, -0.2) is 113 Å². The Labute approximate surface area is 247 Å². The fourth-order valence-corrected chi connectivity index (χ4v) is 3.89. The van der Waals surface area contributed by atoms with Crippen molar-refractivity contribution in [3.8, 4) is 0 Å². The van der Waals surface area contributed by atoms with Crippen molar-refractivity contribution >= 4 is 36.2 Å². The van der Waals surface area contributed by atoms with Crippen molar-refractivity contribution in [2.75, 3.05) is 66.7 Å². The van der Waals surface area contributed by atoms with Crippen LogP contribution in [0, 0.1) is 5.92 Å². The van der Waals surface area contributed by atoms with Crippen molar-refractivity contribution in [2.45, 2.75) is 71.3 Å². The number of hydrogen-bond donors (Lipinski definition) is 1. The highest BCUT2D eigenvalue weighted by Gasteiger charge is 2.25. The van der Waals surface area contributed by atoms with Crippen molar-refractivity contribution in [2.24, 2.45) is 15.9 Å². The van der Waals surface area contributed by atoms with E-state index in [2.05, 4.69) is 15.3 Å². The van der Waals surface area contributed by atoms with Gasteiger partial charge in [0.2, 0.25) is 12.2 Å². The summed E-state index contributed by atoms with van der Waals surface area (Å²) in [6.45, 7) is 5.77. The molecule has 42 heavy (non-hydrogen) atoms. The van der Waals surface area contributed by atoms with Gasteiger partial charge >= 0.3 is 24.0 Å². The summed E-state index contributed by atoms with van der Waals surface area (Å²) in [6.07, 6.45) is 5.69. The Balaban J connectivity index is 4.48. The zero-order valence-electron chi connectivity index (χ0n) is 25.4. The minimum absolute atomic E-state index is 0.0916. The molecule has 0 aliphatic heterocycles. The maximum atomic E-state index is 12.4. The quantitative estimate of drug-likeness (QED) is 0.0432. The van der Waals surface area contributed by atoms with Gasteiger partial charge in [0.05, 0.1) is 65.9 Å². The molecule has 0 saturated heterocycles. The fourth-order valence-electron chi connectivity index (χ4n) is 3.89. The molecule has 238 valence electrons. The highest BCUT2D eigenvalue weighted by Crippen LogP contribution is 2.16. The van der Waals surface area contributed by atoms with Gasteiger partial charge in [0, 0.05) is 6.42 Å². The van der Waals surface area contributed by atoms with Gasteiger partial charge in [0.1, 0.15) is 19.2 Å². The standard InChI is InChI=1S/C28H46N4O10/c1-5-39-26(36)23(12-7-9-14-29-21-33)20-25(35)41-19-17-32(3,4)16-11-18-42-28(38)31-24(27(37)40-6-2)13-8-10-15-30-22-34/h23-24H,5-20H2,1-4H3/p+1. The van der Waals surface area contributed by atoms with E-state index in [9.17, 15) is 28.8 Å². The van der Waals surface area contributed by atoms with Gasteiger partial charge in [-0.2, -0.15) is 0 Å². The maximum absolute atomic E-state index is 12.4. The zero-order chi connectivity index (χ0) is 31.6. The van der Waals surface area contributed by atoms with Crippen molar-refractivity contribution < 1.29 is 52.2 Å². The molecule has 1 N–H and O–H groups in total. The molecule has 2 unspecified atom stereocenters. The molecule has 0 bridgehead atoms. The average Bonchev–Trinajstić information content (AvgIpc) is 2.94. The van der Waals surface area contributed by atoms with Gasteiger partial charge in [0.15, 0.2) is 0 Å². The van der Waals surface area contributed by atoms with Crippen LogP contribution in [0.2, 0.25) is 0 Å². The van der Waals surface area contributed by atoms with E-state index >= 15 is 0 Å². The van der Waals surface area contributed by atoms with Gasteiger partial charge in [-0.1, -0.05) is 6.42 Å². The first-order valence-electron chi connectivity index (χ1n) is 14.4. The minimum Gasteiger partial charge on any atom is -0.466 e. The second-order valence-corrected chi connectivity index (χ2v) is 10.1. The number of carbonyl (C=O) groups is 4. The first-order valence-corrected chi connectivity index (χ1v) is 14.4. The number of unbranched alkanes of at least 4 members (excludes halogenated alkanes) is 2. The van der Waals surface area contributed by atoms with Gasteiger partial charge in [-0.25, -0.2) is 29.2 Å². The van der Waals surface area contributed by atoms with Crippen LogP contribution in [0.25, 0.3) is 0 Å². The molecule has 0 aliphatic carbocycles. The SMILES string of the molecule is CCOC(=O)C(CCCCN=C=O)CC(=O)OCC[N+](C)(C)CCCOC(=O)NC(CCCCN=C=O)C(=O)OCC. The third kappa shape index (κ3) is 20.3. The Hall–Kier alpha value is -3.60. The molecular weight excluding hydrogens is 552 g/mol. The van der Waals surface area contributed by atoms with Crippen LogP contribution in [0.4, 0.5) is 4.79 Å². The molecule has 0 aromatic heterocycles. The van der Waals surface area contributed by atoms with E-state index < -0.39 is 36.0 Å². The second-order valence-electron chi connectivity index (χ2n) is 10.1. The van der Waals surface area contributed by atoms with Gasteiger partial charge in [-0.05, 0) is 46.0 Å². The number of hydrogen-bond acceptors (Lipinski definition) is 12. The third-order valence-corrected chi connectivity index (χ3v) is 6.21. The number of alkyl carbamates (subject to hydrolysis) is 1. The summed E-state index contributed by atoms with van der Waals surface area (Å²) in [5.41, 5.74) is 0. The van der Waals surface area contributed by atoms with E-state index in [1.54, 1.807) is 13.8 Å². The first kappa shape index (κ1) is 38.4. The molecule has 0 rings (SSSR count). The molecule has 14 heteroatoms. The van der Waals surface area contributed by atoms with Crippen LogP contribution in [0.5, 0.6) is 0 Å². The summed E-state index contributed by atoms with van der Waals surface area (Å²) in [7, 11) is 3.89. The number of quaternary nitrogens is 1. The lowest BCUT2D eigenvalue weighted by Gasteiger charge is -2.29. The van der Waals surface area contributed by atoms with Gasteiger partial charge in [-0.3, -0.25) is 9.59 Å². The lowest BCUT2D eigenvalue weighted by atomic mass is 9.98. The van der Waals surface area contributed by atoms with Crippen molar-refractivity contribution in [1.82, 2.24) is 5.32 Å². The Kier molecular flexibility index (Phi) is 22.0. The van der Waals surface area contributed by atoms with E-state index in [1.807, 2.05) is 14.1 Å². The monoisotopic (exact) mass is 599 g/mol. The molecule has 0 saturated carbocycles. The first-order chi connectivity index (χ1) is 20.1. The summed E-state index contributed by atoms with van der Waals surface area (Å²) < 4.78 is 21.2. The van der Waals surface area contributed by atoms with E-state index in [1.165, 1.54) is 12.2 Å². The lowest BCUT2D eigenvalue weighted by molar-refractivity contribution is -0.890. The number of amides is 1. The normalized spacial score (nSPS) is 12.1. The number of esters is 3. The van der Waals surface area contributed by atoms with Gasteiger partial charge in [-0.15, -0.1) is 0 Å². The number of isocyanates is 2. The van der Waals surface area contributed by atoms with Crippen LogP contribution in [0.3, 0.4) is 0 Å². The summed E-state index contributed by atoms with van der Waals surface area (Å²) in [5.74, 6) is -2.12. The molecule has 1 amide bonds. The van der Waals surface area contributed by atoms with E-state index in [0.29, 0.717) is 75.6 Å². The number of aliphatic imine (C=N–C) groups is 2.